The Morgan fingerprint density at radius 2 is 0.478 bits per heavy atom. The van der Waals surface area contributed by atoms with E-state index in [1.807, 2.05) is 0 Å². The quantitative estimate of drug-likeness (QED) is 0.0343. The molecule has 0 spiro atoms. The molecule has 0 heterocycles. The molecule has 6 nitrogen and oxygen atoms in total. The van der Waals surface area contributed by atoms with Crippen LogP contribution < -0.4 is 0 Å². The van der Waals surface area contributed by atoms with Crippen LogP contribution in [-0.4, -0.2) is 37.2 Å². The van der Waals surface area contributed by atoms with Crippen molar-refractivity contribution < 1.29 is 28.6 Å². The molecule has 0 fully saturated rings. The maximum absolute atomic E-state index is 12.9. The summed E-state index contributed by atoms with van der Waals surface area (Å²) in [6.45, 7) is 11.4. The fourth-order valence-electron chi connectivity index (χ4n) is 9.76. The van der Waals surface area contributed by atoms with Gasteiger partial charge in [-0.15, -0.1) is 0 Å². The van der Waals surface area contributed by atoms with Crippen molar-refractivity contribution in [3.05, 3.63) is 0 Å². The first-order chi connectivity index (χ1) is 33.7. The Balaban J connectivity index is 4.26. The minimum Gasteiger partial charge on any atom is -0.462 e. The second kappa shape index (κ2) is 55.7. The minimum atomic E-state index is -0.763. The van der Waals surface area contributed by atoms with Crippen LogP contribution in [0.4, 0.5) is 0 Å². The third-order valence-electron chi connectivity index (χ3n) is 14.5. The van der Waals surface area contributed by atoms with Crippen LogP contribution >= 0.6 is 0 Å². The summed E-state index contributed by atoms with van der Waals surface area (Å²) in [5.41, 5.74) is 0. The molecular formula is C63H122O6. The van der Waals surface area contributed by atoms with Gasteiger partial charge in [0.05, 0.1) is 0 Å². The lowest BCUT2D eigenvalue weighted by Gasteiger charge is -2.18. The van der Waals surface area contributed by atoms with Crippen molar-refractivity contribution in [2.45, 2.75) is 362 Å². The Morgan fingerprint density at radius 1 is 0.275 bits per heavy atom. The first-order valence-electron chi connectivity index (χ1n) is 31.2. The second-order valence-corrected chi connectivity index (χ2v) is 22.6. The van der Waals surface area contributed by atoms with Gasteiger partial charge < -0.3 is 14.2 Å². The van der Waals surface area contributed by atoms with Crippen LogP contribution in [0.5, 0.6) is 0 Å². The number of ether oxygens (including phenoxy) is 3. The molecule has 0 aliphatic heterocycles. The van der Waals surface area contributed by atoms with E-state index in [1.165, 1.54) is 244 Å². The molecule has 0 amide bonds. The summed E-state index contributed by atoms with van der Waals surface area (Å²) in [6.07, 6.45) is 61.0. The number of carbonyl (C=O) groups excluding carboxylic acids is 3. The van der Waals surface area contributed by atoms with Crippen molar-refractivity contribution in [1.29, 1.82) is 0 Å². The molecule has 6 heteroatoms. The smallest absolute Gasteiger partial charge is 0.306 e. The van der Waals surface area contributed by atoms with Gasteiger partial charge in [-0.1, -0.05) is 317 Å². The summed E-state index contributed by atoms with van der Waals surface area (Å²) in [7, 11) is 0. The fourth-order valence-corrected chi connectivity index (χ4v) is 9.76. The van der Waals surface area contributed by atoms with Gasteiger partial charge in [-0.2, -0.15) is 0 Å². The van der Waals surface area contributed by atoms with Crippen molar-refractivity contribution >= 4 is 17.9 Å². The Hall–Kier alpha value is -1.59. The van der Waals surface area contributed by atoms with Crippen LogP contribution in [0.1, 0.15) is 356 Å². The van der Waals surface area contributed by atoms with E-state index in [-0.39, 0.29) is 31.1 Å². The molecule has 0 saturated carbocycles. The van der Waals surface area contributed by atoms with E-state index < -0.39 is 6.10 Å². The van der Waals surface area contributed by atoms with E-state index in [4.69, 9.17) is 14.2 Å². The highest BCUT2D eigenvalue weighted by Crippen LogP contribution is 2.19. The molecule has 0 aromatic rings. The zero-order valence-corrected chi connectivity index (χ0v) is 47.5. The molecule has 1 atom stereocenters. The minimum absolute atomic E-state index is 0.0621. The number of rotatable bonds is 57. The van der Waals surface area contributed by atoms with Crippen molar-refractivity contribution in [3.63, 3.8) is 0 Å². The molecule has 0 aliphatic rings. The van der Waals surface area contributed by atoms with Crippen LogP contribution in [0.3, 0.4) is 0 Å². The van der Waals surface area contributed by atoms with Crippen LogP contribution in [-0.2, 0) is 28.6 Å². The summed E-state index contributed by atoms with van der Waals surface area (Å²) in [5, 5.41) is 0. The van der Waals surface area contributed by atoms with Gasteiger partial charge in [0.15, 0.2) is 6.10 Å². The lowest BCUT2D eigenvalue weighted by Crippen LogP contribution is -2.30. The largest absolute Gasteiger partial charge is 0.462 e. The van der Waals surface area contributed by atoms with Crippen molar-refractivity contribution in [3.8, 4) is 0 Å². The molecular weight excluding hydrogens is 853 g/mol. The zero-order valence-electron chi connectivity index (χ0n) is 47.5. The first-order valence-corrected chi connectivity index (χ1v) is 31.2. The zero-order chi connectivity index (χ0) is 50.4. The molecule has 69 heavy (non-hydrogen) atoms. The van der Waals surface area contributed by atoms with E-state index in [0.717, 1.165) is 69.6 Å². The molecule has 0 aromatic heterocycles. The molecule has 0 unspecified atom stereocenters. The van der Waals surface area contributed by atoms with Gasteiger partial charge in [-0.25, -0.2) is 0 Å². The van der Waals surface area contributed by atoms with E-state index in [1.54, 1.807) is 0 Å². The van der Waals surface area contributed by atoms with Crippen LogP contribution in [0.15, 0.2) is 0 Å². The summed E-state index contributed by atoms with van der Waals surface area (Å²) < 4.78 is 16.9. The highest BCUT2D eigenvalue weighted by molar-refractivity contribution is 5.71. The van der Waals surface area contributed by atoms with E-state index in [9.17, 15) is 14.4 Å². The molecule has 0 bridgehead atoms. The Labute approximate surface area is 431 Å². The van der Waals surface area contributed by atoms with E-state index >= 15 is 0 Å². The molecule has 0 N–H and O–H groups in total. The predicted octanol–water partition coefficient (Wildman–Crippen LogP) is 20.8. The monoisotopic (exact) mass is 975 g/mol. The molecule has 0 rings (SSSR count). The number of hydrogen-bond acceptors (Lipinski definition) is 6. The Kier molecular flexibility index (Phi) is 54.4. The second-order valence-electron chi connectivity index (χ2n) is 22.6. The van der Waals surface area contributed by atoms with Gasteiger partial charge in [0.2, 0.25) is 0 Å². The van der Waals surface area contributed by atoms with Gasteiger partial charge >= 0.3 is 17.9 Å². The van der Waals surface area contributed by atoms with Crippen molar-refractivity contribution in [2.75, 3.05) is 13.2 Å². The van der Waals surface area contributed by atoms with Crippen molar-refractivity contribution in [2.24, 2.45) is 11.8 Å². The van der Waals surface area contributed by atoms with Gasteiger partial charge in [-0.3, -0.25) is 14.4 Å². The fraction of sp³-hybridized carbons (Fsp3) is 0.952. The predicted molar refractivity (Wildman–Crippen MR) is 298 cm³/mol. The Bertz CT molecular complexity index is 1060. The molecule has 0 aliphatic carbocycles. The van der Waals surface area contributed by atoms with Crippen LogP contribution in [0.2, 0.25) is 0 Å². The lowest BCUT2D eigenvalue weighted by atomic mass is 10.0. The van der Waals surface area contributed by atoms with Gasteiger partial charge in [0, 0.05) is 19.3 Å². The molecule has 410 valence electrons. The summed E-state index contributed by atoms with van der Waals surface area (Å²) in [4.78, 5) is 38.2. The normalized spacial score (nSPS) is 12.0. The molecule has 0 aromatic carbocycles. The number of unbranched alkanes of at least 4 members (excludes halogenated alkanes) is 42. The summed E-state index contributed by atoms with van der Waals surface area (Å²) >= 11 is 0. The Morgan fingerprint density at radius 3 is 0.710 bits per heavy atom. The third kappa shape index (κ3) is 57.2. The highest BCUT2D eigenvalue weighted by Gasteiger charge is 2.19. The average molecular weight is 976 g/mol. The maximum atomic E-state index is 12.9. The van der Waals surface area contributed by atoms with Gasteiger partial charge in [0.25, 0.3) is 0 Å². The van der Waals surface area contributed by atoms with Crippen LogP contribution in [0, 0.1) is 11.8 Å². The number of carbonyl (C=O) groups is 3. The summed E-state index contributed by atoms with van der Waals surface area (Å²) in [6, 6.07) is 0. The van der Waals surface area contributed by atoms with Gasteiger partial charge in [-0.05, 0) is 31.1 Å². The highest BCUT2D eigenvalue weighted by atomic mass is 16.6. The number of esters is 3. The maximum Gasteiger partial charge on any atom is 0.306 e. The average Bonchev–Trinajstić information content (AvgIpc) is 3.32. The van der Waals surface area contributed by atoms with Gasteiger partial charge in [0.1, 0.15) is 13.2 Å². The van der Waals surface area contributed by atoms with E-state index in [2.05, 4.69) is 34.6 Å². The van der Waals surface area contributed by atoms with Crippen LogP contribution in [0.25, 0.3) is 0 Å². The number of hydrogen-bond donors (Lipinski definition) is 0. The SMILES string of the molecule is CCCCCCCCCCCCCCCCCC(=O)OC[C@@H](COC(=O)CCCCCCCCCCCCCCCCCCCCC(C)C)OC(=O)CCCCCCCCCCCCCCC(C)C. The summed E-state index contributed by atoms with van der Waals surface area (Å²) in [5.74, 6) is 0.858. The third-order valence-corrected chi connectivity index (χ3v) is 14.5. The van der Waals surface area contributed by atoms with Crippen molar-refractivity contribution in [1.82, 2.24) is 0 Å². The molecule has 0 saturated heterocycles. The first kappa shape index (κ1) is 67.4. The van der Waals surface area contributed by atoms with E-state index in [0.29, 0.717) is 19.3 Å². The molecule has 0 radical (unpaired) electrons. The topological polar surface area (TPSA) is 78.9 Å². The standard InChI is InChI=1S/C63H122O6/c1-6-7-8-9-10-11-12-13-18-22-28-33-38-43-48-53-61(64)67-56-60(69-63(66)55-50-45-40-35-30-25-24-27-32-37-42-47-52-59(4)5)57-68-62(65)54-49-44-39-34-29-23-20-17-15-14-16-19-21-26-31-36-41-46-51-58(2)3/h58-60H,6-57H2,1-5H3/t60-/m0/s1. The lowest BCUT2D eigenvalue weighted by molar-refractivity contribution is -0.167.